The fourth-order valence-corrected chi connectivity index (χ4v) is 3.32. The highest BCUT2D eigenvalue weighted by molar-refractivity contribution is 6.11. The zero-order valence-corrected chi connectivity index (χ0v) is 17.2. The molecule has 0 saturated heterocycles. The molecule has 4 rings (SSSR count). The fraction of sp³-hybridized carbons (Fsp3) is 0.0400. The average Bonchev–Trinajstić information content (AvgIpc) is 2.85. The molecule has 1 heterocycles. The molecule has 0 aliphatic carbocycles. The van der Waals surface area contributed by atoms with Crippen LogP contribution in [0.3, 0.4) is 0 Å². The van der Waals surface area contributed by atoms with Crippen LogP contribution < -0.4 is 10.2 Å². The number of amides is 2. The summed E-state index contributed by atoms with van der Waals surface area (Å²) in [6, 6.07) is 18.0. The van der Waals surface area contributed by atoms with E-state index in [1.807, 2.05) is 0 Å². The predicted octanol–water partition coefficient (Wildman–Crippen LogP) is 4.78. The highest BCUT2D eigenvalue weighted by atomic mass is 19.1. The zero-order valence-electron chi connectivity index (χ0n) is 17.2. The molecule has 8 heteroatoms. The first-order valence-electron chi connectivity index (χ1n) is 9.99. The largest absolute Gasteiger partial charge is 0.324 e. The quantitative estimate of drug-likeness (QED) is 0.464. The number of rotatable bonds is 6. The Morgan fingerprint density at radius 2 is 1.45 bits per heavy atom. The third-order valence-electron chi connectivity index (χ3n) is 4.84. The van der Waals surface area contributed by atoms with Gasteiger partial charge in [0.2, 0.25) is 0 Å². The van der Waals surface area contributed by atoms with Crippen LogP contribution in [0.5, 0.6) is 0 Å². The van der Waals surface area contributed by atoms with Crippen molar-refractivity contribution in [2.75, 3.05) is 10.2 Å². The van der Waals surface area contributed by atoms with E-state index in [4.69, 9.17) is 0 Å². The summed E-state index contributed by atoms with van der Waals surface area (Å²) in [5.74, 6) is -2.08. The first-order valence-corrected chi connectivity index (χ1v) is 9.99. The van der Waals surface area contributed by atoms with E-state index in [9.17, 15) is 18.4 Å². The van der Waals surface area contributed by atoms with Crippen molar-refractivity contribution in [2.45, 2.75) is 6.04 Å². The van der Waals surface area contributed by atoms with Gasteiger partial charge >= 0.3 is 0 Å². The number of anilines is 2. The summed E-state index contributed by atoms with van der Waals surface area (Å²) >= 11 is 0. The smallest absolute Gasteiger partial charge is 0.279 e. The van der Waals surface area contributed by atoms with Crippen molar-refractivity contribution >= 4 is 23.2 Å². The third kappa shape index (κ3) is 5.07. The van der Waals surface area contributed by atoms with E-state index >= 15 is 0 Å². The van der Waals surface area contributed by atoms with E-state index in [1.165, 1.54) is 72.0 Å². The fourth-order valence-electron chi connectivity index (χ4n) is 3.32. The van der Waals surface area contributed by atoms with Gasteiger partial charge < -0.3 is 5.32 Å². The Labute approximate surface area is 188 Å². The lowest BCUT2D eigenvalue weighted by Gasteiger charge is -2.31. The molecular weight excluding hydrogens is 426 g/mol. The molecule has 0 aliphatic heterocycles. The highest BCUT2D eigenvalue weighted by Gasteiger charge is 2.34. The predicted molar refractivity (Wildman–Crippen MR) is 119 cm³/mol. The SMILES string of the molecule is O=C(Nc1ccc(F)cc1)C(c1ccccc1)N(C(=O)c1cnccn1)c1ccc(F)cc1. The van der Waals surface area contributed by atoms with Crippen molar-refractivity contribution in [3.63, 3.8) is 0 Å². The standard InChI is InChI=1S/C25H18F2N4O2/c26-18-6-10-20(11-7-18)30-24(32)23(17-4-2-1-3-5-17)31(21-12-8-19(27)9-13-21)25(33)22-16-28-14-15-29-22/h1-16,23H,(H,30,32). The number of aromatic nitrogens is 2. The van der Waals surface area contributed by atoms with E-state index in [0.717, 1.165) is 0 Å². The monoisotopic (exact) mass is 444 g/mol. The van der Waals surface area contributed by atoms with Gasteiger partial charge in [0, 0.05) is 23.8 Å². The number of halogens is 2. The van der Waals surface area contributed by atoms with Crippen molar-refractivity contribution in [3.05, 3.63) is 120 Å². The van der Waals surface area contributed by atoms with Gasteiger partial charge in [-0.2, -0.15) is 0 Å². The van der Waals surface area contributed by atoms with Gasteiger partial charge in [-0.1, -0.05) is 30.3 Å². The third-order valence-corrected chi connectivity index (χ3v) is 4.84. The summed E-state index contributed by atoms with van der Waals surface area (Å²) in [5.41, 5.74) is 1.17. The van der Waals surface area contributed by atoms with Crippen LogP contribution >= 0.6 is 0 Å². The minimum atomic E-state index is -1.14. The molecule has 164 valence electrons. The first-order chi connectivity index (χ1) is 16.0. The van der Waals surface area contributed by atoms with Crippen molar-refractivity contribution in [1.29, 1.82) is 0 Å². The van der Waals surface area contributed by atoms with Crippen LogP contribution in [0.1, 0.15) is 22.1 Å². The maximum absolute atomic E-state index is 13.6. The molecule has 1 N–H and O–H groups in total. The van der Waals surface area contributed by atoms with Crippen LogP contribution in [-0.4, -0.2) is 21.8 Å². The number of carbonyl (C=O) groups excluding carboxylic acids is 2. The van der Waals surface area contributed by atoms with E-state index < -0.39 is 29.5 Å². The van der Waals surface area contributed by atoms with Crippen molar-refractivity contribution in [2.24, 2.45) is 0 Å². The Kier molecular flexibility index (Phi) is 6.45. The molecule has 0 bridgehead atoms. The molecule has 3 aromatic carbocycles. The van der Waals surface area contributed by atoms with Gasteiger partial charge in [0.1, 0.15) is 23.4 Å². The molecular formula is C25H18F2N4O2. The van der Waals surface area contributed by atoms with Gasteiger partial charge in [0.15, 0.2) is 0 Å². The summed E-state index contributed by atoms with van der Waals surface area (Å²) < 4.78 is 27.0. The van der Waals surface area contributed by atoms with Gasteiger partial charge in [-0.3, -0.25) is 19.5 Å². The molecule has 0 aliphatic rings. The van der Waals surface area contributed by atoms with Gasteiger partial charge in [-0.25, -0.2) is 13.8 Å². The Hall–Kier alpha value is -4.46. The van der Waals surface area contributed by atoms with Crippen molar-refractivity contribution in [1.82, 2.24) is 9.97 Å². The number of carbonyl (C=O) groups is 2. The average molecular weight is 444 g/mol. The summed E-state index contributed by atoms with van der Waals surface area (Å²) in [6.07, 6.45) is 4.08. The highest BCUT2D eigenvalue weighted by Crippen LogP contribution is 2.30. The first kappa shape index (κ1) is 21.8. The number of nitrogens with zero attached hydrogens (tertiary/aromatic N) is 3. The maximum atomic E-state index is 13.6. The normalized spacial score (nSPS) is 11.5. The Morgan fingerprint density at radius 1 is 0.818 bits per heavy atom. The summed E-state index contributed by atoms with van der Waals surface area (Å²) in [6.45, 7) is 0. The van der Waals surface area contributed by atoms with Gasteiger partial charge in [-0.15, -0.1) is 0 Å². The minimum Gasteiger partial charge on any atom is -0.324 e. The molecule has 1 atom stereocenters. The molecule has 4 aromatic rings. The Bertz CT molecular complexity index is 1240. The lowest BCUT2D eigenvalue weighted by molar-refractivity contribution is -0.117. The zero-order chi connectivity index (χ0) is 23.2. The summed E-state index contributed by atoms with van der Waals surface area (Å²) in [5, 5.41) is 2.73. The molecule has 1 aromatic heterocycles. The van der Waals surface area contributed by atoms with Gasteiger partial charge in [0.05, 0.1) is 6.20 Å². The minimum absolute atomic E-state index is 0.0114. The Morgan fingerprint density at radius 3 is 2.06 bits per heavy atom. The van der Waals surface area contributed by atoms with E-state index in [-0.39, 0.29) is 11.4 Å². The molecule has 0 radical (unpaired) electrons. The number of benzene rings is 3. The van der Waals surface area contributed by atoms with Gasteiger partial charge in [0.25, 0.3) is 11.8 Å². The molecule has 1 unspecified atom stereocenters. The lowest BCUT2D eigenvalue weighted by atomic mass is 10.0. The second-order valence-corrected chi connectivity index (χ2v) is 7.05. The lowest BCUT2D eigenvalue weighted by Crippen LogP contribution is -2.42. The van der Waals surface area contributed by atoms with Crippen LogP contribution in [0.25, 0.3) is 0 Å². The van der Waals surface area contributed by atoms with Crippen LogP contribution in [0.15, 0.2) is 97.5 Å². The molecule has 6 nitrogen and oxygen atoms in total. The summed E-state index contributed by atoms with van der Waals surface area (Å²) in [4.78, 5) is 36.3. The molecule has 0 fully saturated rings. The topological polar surface area (TPSA) is 75.2 Å². The maximum Gasteiger partial charge on any atom is 0.279 e. The second-order valence-electron chi connectivity index (χ2n) is 7.05. The van der Waals surface area contributed by atoms with E-state index in [0.29, 0.717) is 11.3 Å². The molecule has 0 saturated carbocycles. The molecule has 0 spiro atoms. The summed E-state index contributed by atoms with van der Waals surface area (Å²) in [7, 11) is 0. The van der Waals surface area contributed by atoms with E-state index in [2.05, 4.69) is 15.3 Å². The van der Waals surface area contributed by atoms with E-state index in [1.54, 1.807) is 30.3 Å². The van der Waals surface area contributed by atoms with Crippen LogP contribution in [0, 0.1) is 11.6 Å². The number of nitrogens with one attached hydrogen (secondary N) is 1. The number of hydrogen-bond acceptors (Lipinski definition) is 4. The second kappa shape index (κ2) is 9.78. The molecule has 33 heavy (non-hydrogen) atoms. The Balaban J connectivity index is 1.82. The van der Waals surface area contributed by atoms with Crippen LogP contribution in [0.4, 0.5) is 20.2 Å². The van der Waals surface area contributed by atoms with Crippen LogP contribution in [0.2, 0.25) is 0 Å². The van der Waals surface area contributed by atoms with Crippen molar-refractivity contribution < 1.29 is 18.4 Å². The van der Waals surface area contributed by atoms with Crippen LogP contribution in [-0.2, 0) is 4.79 Å². The van der Waals surface area contributed by atoms with Gasteiger partial charge in [-0.05, 0) is 54.1 Å². The van der Waals surface area contributed by atoms with Crippen molar-refractivity contribution in [3.8, 4) is 0 Å². The molecule has 2 amide bonds. The number of hydrogen-bond donors (Lipinski definition) is 1.